The van der Waals surface area contributed by atoms with Gasteiger partial charge in [-0.3, -0.25) is 4.79 Å². The molecule has 0 radical (unpaired) electrons. The quantitative estimate of drug-likeness (QED) is 0.809. The summed E-state index contributed by atoms with van der Waals surface area (Å²) in [6.45, 7) is 0. The van der Waals surface area contributed by atoms with Crippen LogP contribution in [-0.4, -0.2) is 19.0 Å². The van der Waals surface area contributed by atoms with E-state index < -0.39 is 6.09 Å². The lowest BCUT2D eigenvalue weighted by atomic mass is 9.80. The Labute approximate surface area is 132 Å². The Morgan fingerprint density at radius 3 is 2.80 bits per heavy atom. The summed E-state index contributed by atoms with van der Waals surface area (Å²) in [4.78, 5) is 23.8. The van der Waals surface area contributed by atoms with Crippen molar-refractivity contribution in [2.24, 2.45) is 5.92 Å². The van der Waals surface area contributed by atoms with Crippen LogP contribution in [0.4, 0.5) is 4.79 Å². The first-order valence-corrected chi connectivity index (χ1v) is 7.83. The van der Waals surface area contributed by atoms with E-state index in [2.05, 4.69) is 27.9 Å². The number of ketones is 1. The van der Waals surface area contributed by atoms with Crippen molar-refractivity contribution < 1.29 is 14.3 Å². The fourth-order valence-corrected chi connectivity index (χ4v) is 3.39. The van der Waals surface area contributed by atoms with Crippen molar-refractivity contribution in [1.82, 2.24) is 5.32 Å². The number of halogens is 1. The summed E-state index contributed by atoms with van der Waals surface area (Å²) in [7, 11) is 1.34. The van der Waals surface area contributed by atoms with Gasteiger partial charge in [0, 0.05) is 15.9 Å². The van der Waals surface area contributed by atoms with Crippen LogP contribution < -0.4 is 5.32 Å². The number of alkyl carbamates (subject to hydrolysis) is 1. The standard InChI is InChI=1S/C15H18INO3/c1-20-15(19)17-14(10-6-2-4-8-12(10)16)11-7-3-5-9-13(11)18/h2,4,6,8,11,14H,3,5,7,9H2,1H3,(H,17,19). The van der Waals surface area contributed by atoms with E-state index in [0.717, 1.165) is 28.4 Å². The van der Waals surface area contributed by atoms with Gasteiger partial charge in [-0.15, -0.1) is 0 Å². The molecule has 1 aliphatic carbocycles. The third kappa shape index (κ3) is 3.50. The Balaban J connectivity index is 2.31. The molecule has 1 aromatic rings. The number of rotatable bonds is 3. The van der Waals surface area contributed by atoms with Crippen molar-refractivity contribution >= 4 is 34.5 Å². The first-order chi connectivity index (χ1) is 9.63. The molecule has 4 nitrogen and oxygen atoms in total. The number of ether oxygens (including phenoxy) is 1. The molecule has 2 atom stereocenters. The van der Waals surface area contributed by atoms with Crippen molar-refractivity contribution in [2.45, 2.75) is 31.7 Å². The van der Waals surface area contributed by atoms with Gasteiger partial charge in [0.15, 0.2) is 0 Å². The summed E-state index contributed by atoms with van der Waals surface area (Å²) < 4.78 is 5.75. The van der Waals surface area contributed by atoms with E-state index in [1.807, 2.05) is 24.3 Å². The van der Waals surface area contributed by atoms with E-state index in [-0.39, 0.29) is 17.7 Å². The second-order valence-electron chi connectivity index (χ2n) is 4.95. The van der Waals surface area contributed by atoms with Crippen LogP contribution in [0.2, 0.25) is 0 Å². The van der Waals surface area contributed by atoms with Gasteiger partial charge in [-0.2, -0.15) is 0 Å². The number of hydrogen-bond acceptors (Lipinski definition) is 3. The molecule has 0 heterocycles. The van der Waals surface area contributed by atoms with Gasteiger partial charge in [-0.05, 0) is 47.1 Å². The Kier molecular flexibility index (Phi) is 5.39. The second kappa shape index (κ2) is 7.06. The average Bonchev–Trinajstić information content (AvgIpc) is 2.46. The smallest absolute Gasteiger partial charge is 0.407 e. The maximum absolute atomic E-state index is 12.2. The molecule has 1 amide bonds. The minimum absolute atomic E-state index is 0.154. The molecule has 1 aliphatic rings. The Morgan fingerprint density at radius 1 is 1.40 bits per heavy atom. The first-order valence-electron chi connectivity index (χ1n) is 6.75. The SMILES string of the molecule is COC(=O)NC(c1ccccc1I)C1CCCCC1=O. The van der Waals surface area contributed by atoms with E-state index >= 15 is 0 Å². The van der Waals surface area contributed by atoms with Crippen LogP contribution in [0, 0.1) is 9.49 Å². The first kappa shape index (κ1) is 15.3. The van der Waals surface area contributed by atoms with Crippen LogP contribution in [-0.2, 0) is 9.53 Å². The molecule has 1 fully saturated rings. The molecule has 108 valence electrons. The number of nitrogens with one attached hydrogen (secondary N) is 1. The molecule has 1 aromatic carbocycles. The highest BCUT2D eigenvalue weighted by molar-refractivity contribution is 14.1. The zero-order chi connectivity index (χ0) is 14.5. The predicted octanol–water partition coefficient (Wildman–Crippen LogP) is 3.45. The third-order valence-corrected chi connectivity index (χ3v) is 4.69. The Hall–Kier alpha value is -1.11. The summed E-state index contributed by atoms with van der Waals surface area (Å²) in [6, 6.07) is 7.52. The third-order valence-electron chi connectivity index (χ3n) is 3.70. The lowest BCUT2D eigenvalue weighted by Crippen LogP contribution is -2.38. The van der Waals surface area contributed by atoms with Crippen LogP contribution >= 0.6 is 22.6 Å². The van der Waals surface area contributed by atoms with Crippen LogP contribution in [0.15, 0.2) is 24.3 Å². The van der Waals surface area contributed by atoms with E-state index in [1.54, 1.807) is 0 Å². The lowest BCUT2D eigenvalue weighted by Gasteiger charge is -2.30. The number of hydrogen-bond donors (Lipinski definition) is 1. The van der Waals surface area contributed by atoms with Crippen molar-refractivity contribution in [1.29, 1.82) is 0 Å². The van der Waals surface area contributed by atoms with Gasteiger partial charge in [0.1, 0.15) is 5.78 Å². The average molecular weight is 387 g/mol. The Bertz CT molecular complexity index is 504. The maximum Gasteiger partial charge on any atom is 0.407 e. The fourth-order valence-electron chi connectivity index (χ4n) is 2.67. The molecule has 1 saturated carbocycles. The summed E-state index contributed by atoms with van der Waals surface area (Å²) in [6.07, 6.45) is 2.91. The zero-order valence-electron chi connectivity index (χ0n) is 11.4. The van der Waals surface area contributed by atoms with Gasteiger partial charge < -0.3 is 10.1 Å². The van der Waals surface area contributed by atoms with Crippen molar-refractivity contribution in [2.75, 3.05) is 7.11 Å². The maximum atomic E-state index is 12.2. The minimum Gasteiger partial charge on any atom is -0.453 e. The molecular weight excluding hydrogens is 369 g/mol. The summed E-state index contributed by atoms with van der Waals surface area (Å²) >= 11 is 2.23. The molecule has 5 heteroatoms. The highest BCUT2D eigenvalue weighted by atomic mass is 127. The van der Waals surface area contributed by atoms with Crippen LogP contribution in [0.3, 0.4) is 0 Å². The molecule has 2 unspecified atom stereocenters. The lowest BCUT2D eigenvalue weighted by molar-refractivity contribution is -0.125. The fraction of sp³-hybridized carbons (Fsp3) is 0.467. The van der Waals surface area contributed by atoms with Crippen LogP contribution in [0.5, 0.6) is 0 Å². The summed E-state index contributed by atoms with van der Waals surface area (Å²) in [5.41, 5.74) is 0.985. The topological polar surface area (TPSA) is 55.4 Å². The molecule has 0 spiro atoms. The highest BCUT2D eigenvalue weighted by Crippen LogP contribution is 2.34. The van der Waals surface area contributed by atoms with E-state index in [9.17, 15) is 9.59 Å². The van der Waals surface area contributed by atoms with Crippen molar-refractivity contribution in [3.8, 4) is 0 Å². The molecule has 1 N–H and O–H groups in total. The van der Waals surface area contributed by atoms with Gasteiger partial charge in [0.2, 0.25) is 0 Å². The molecule has 0 bridgehead atoms. The van der Waals surface area contributed by atoms with E-state index in [1.165, 1.54) is 7.11 Å². The molecule has 0 saturated heterocycles. The molecular formula is C15H18INO3. The number of benzene rings is 1. The molecule has 20 heavy (non-hydrogen) atoms. The van der Waals surface area contributed by atoms with Crippen LogP contribution in [0.1, 0.15) is 37.3 Å². The number of carbonyl (C=O) groups is 2. The minimum atomic E-state index is -0.493. The van der Waals surface area contributed by atoms with Gasteiger partial charge in [-0.1, -0.05) is 24.6 Å². The number of Topliss-reactive ketones (excluding diaryl/α,β-unsaturated/α-hetero) is 1. The van der Waals surface area contributed by atoms with Crippen molar-refractivity contribution in [3.05, 3.63) is 33.4 Å². The predicted molar refractivity (Wildman–Crippen MR) is 84.4 cm³/mol. The van der Waals surface area contributed by atoms with Gasteiger partial charge in [0.25, 0.3) is 0 Å². The summed E-state index contributed by atoms with van der Waals surface area (Å²) in [5, 5.41) is 2.84. The van der Waals surface area contributed by atoms with Gasteiger partial charge in [0.05, 0.1) is 13.2 Å². The molecule has 0 aromatic heterocycles. The molecule has 2 rings (SSSR count). The van der Waals surface area contributed by atoms with Crippen LogP contribution in [0.25, 0.3) is 0 Å². The molecule has 0 aliphatic heterocycles. The van der Waals surface area contributed by atoms with Gasteiger partial charge >= 0.3 is 6.09 Å². The largest absolute Gasteiger partial charge is 0.453 e. The van der Waals surface area contributed by atoms with Gasteiger partial charge in [-0.25, -0.2) is 4.79 Å². The van der Waals surface area contributed by atoms with E-state index in [4.69, 9.17) is 4.74 Å². The van der Waals surface area contributed by atoms with Crippen molar-refractivity contribution in [3.63, 3.8) is 0 Å². The Morgan fingerprint density at radius 2 is 2.15 bits per heavy atom. The second-order valence-corrected chi connectivity index (χ2v) is 6.12. The number of methoxy groups -OCH3 is 1. The highest BCUT2D eigenvalue weighted by Gasteiger charge is 2.33. The zero-order valence-corrected chi connectivity index (χ0v) is 13.6. The summed E-state index contributed by atoms with van der Waals surface area (Å²) in [5.74, 6) is 0.0797. The van der Waals surface area contributed by atoms with E-state index in [0.29, 0.717) is 6.42 Å². The number of amides is 1. The monoisotopic (exact) mass is 387 g/mol. The number of carbonyl (C=O) groups excluding carboxylic acids is 2. The normalized spacial score (nSPS) is 20.3.